The maximum Gasteiger partial charge on any atom is 0.316 e. The molecule has 0 spiro atoms. The number of benzene rings is 1. The van der Waals surface area contributed by atoms with Crippen molar-refractivity contribution in [1.82, 2.24) is 14.3 Å². The van der Waals surface area contributed by atoms with Crippen LogP contribution >= 0.6 is 0 Å². The van der Waals surface area contributed by atoms with E-state index in [1.165, 1.54) is 4.57 Å². The molecule has 0 amide bonds. The predicted molar refractivity (Wildman–Crippen MR) is 93.5 cm³/mol. The van der Waals surface area contributed by atoms with Crippen molar-refractivity contribution in [3.63, 3.8) is 0 Å². The van der Waals surface area contributed by atoms with Crippen LogP contribution in [0.5, 0.6) is 0 Å². The van der Waals surface area contributed by atoms with Gasteiger partial charge < -0.3 is 13.7 Å². The fourth-order valence-electron chi connectivity index (χ4n) is 3.29. The van der Waals surface area contributed by atoms with Gasteiger partial charge in [0.15, 0.2) is 5.76 Å². The van der Waals surface area contributed by atoms with E-state index in [-0.39, 0.29) is 12.1 Å². The summed E-state index contributed by atoms with van der Waals surface area (Å²) in [6.07, 6.45) is 6.32. The molecular weight excluding hydrogens is 318 g/mol. The molecule has 0 saturated heterocycles. The third-order valence-electron chi connectivity index (χ3n) is 5.02. The summed E-state index contributed by atoms with van der Waals surface area (Å²) in [4.78, 5) is 24.9. The van der Waals surface area contributed by atoms with Crippen LogP contribution in [0, 0.1) is 0 Å². The quantitative estimate of drug-likeness (QED) is 0.686. The summed E-state index contributed by atoms with van der Waals surface area (Å²) < 4.78 is 8.31. The molecule has 0 bridgehead atoms. The summed E-state index contributed by atoms with van der Waals surface area (Å²) in [6, 6.07) is 11.4. The van der Waals surface area contributed by atoms with Gasteiger partial charge in [-0.15, -0.1) is 0 Å². The van der Waals surface area contributed by atoms with Crippen LogP contribution < -0.4 is 11.1 Å². The summed E-state index contributed by atoms with van der Waals surface area (Å²) in [7, 11) is 0. The Morgan fingerprint density at radius 2 is 1.88 bits per heavy atom. The number of rotatable bonds is 4. The predicted octanol–water partition coefficient (Wildman–Crippen LogP) is 2.61. The Bertz CT molecular complexity index is 1010. The van der Waals surface area contributed by atoms with E-state index in [1.54, 1.807) is 23.0 Å². The van der Waals surface area contributed by atoms with Crippen molar-refractivity contribution in [2.75, 3.05) is 0 Å². The van der Waals surface area contributed by atoms with E-state index in [2.05, 4.69) is 5.16 Å². The molecule has 1 fully saturated rings. The van der Waals surface area contributed by atoms with Gasteiger partial charge in [-0.2, -0.15) is 0 Å². The molecule has 0 unspecified atom stereocenters. The largest absolute Gasteiger partial charge is 0.356 e. The molecule has 0 radical (unpaired) electrons. The fraction of sp³-hybridized carbons (Fsp3) is 0.316. The molecule has 4 rings (SSSR count). The minimum absolute atomic E-state index is 0.210. The SMILES string of the molecule is CC1(n2ccn(Cc3cc(-c4ccccc4)on3)c(=O)c2=O)CCC1. The lowest BCUT2D eigenvalue weighted by Gasteiger charge is -2.39. The normalized spacial score (nSPS) is 15.7. The Morgan fingerprint density at radius 1 is 1.12 bits per heavy atom. The van der Waals surface area contributed by atoms with Crippen LogP contribution in [0.4, 0.5) is 0 Å². The first-order valence-corrected chi connectivity index (χ1v) is 8.40. The van der Waals surface area contributed by atoms with Crippen LogP contribution in [-0.2, 0) is 12.1 Å². The molecule has 25 heavy (non-hydrogen) atoms. The smallest absolute Gasteiger partial charge is 0.316 e. The first-order valence-electron chi connectivity index (χ1n) is 8.40. The highest BCUT2D eigenvalue weighted by molar-refractivity contribution is 5.56. The fourth-order valence-corrected chi connectivity index (χ4v) is 3.29. The lowest BCUT2D eigenvalue weighted by molar-refractivity contribution is 0.161. The highest BCUT2D eigenvalue weighted by Crippen LogP contribution is 2.37. The maximum atomic E-state index is 12.4. The lowest BCUT2D eigenvalue weighted by Crippen LogP contribution is -2.50. The highest BCUT2D eigenvalue weighted by Gasteiger charge is 2.34. The molecule has 1 aliphatic carbocycles. The van der Waals surface area contributed by atoms with Gasteiger partial charge in [0.2, 0.25) is 0 Å². The average Bonchev–Trinajstić information content (AvgIpc) is 3.07. The summed E-state index contributed by atoms with van der Waals surface area (Å²) >= 11 is 0. The number of aromatic nitrogens is 3. The van der Waals surface area contributed by atoms with E-state index in [9.17, 15) is 9.59 Å². The summed E-state index contributed by atoms with van der Waals surface area (Å²) in [5, 5.41) is 4.01. The first-order chi connectivity index (χ1) is 12.1. The molecule has 1 aromatic carbocycles. The van der Waals surface area contributed by atoms with E-state index in [0.717, 1.165) is 24.8 Å². The zero-order valence-electron chi connectivity index (χ0n) is 14.0. The highest BCUT2D eigenvalue weighted by atomic mass is 16.5. The monoisotopic (exact) mass is 337 g/mol. The third kappa shape index (κ3) is 2.73. The molecule has 128 valence electrons. The van der Waals surface area contributed by atoms with E-state index >= 15 is 0 Å². The Balaban J connectivity index is 1.62. The van der Waals surface area contributed by atoms with Gasteiger partial charge in [-0.25, -0.2) is 0 Å². The van der Waals surface area contributed by atoms with Crippen molar-refractivity contribution in [2.45, 2.75) is 38.3 Å². The van der Waals surface area contributed by atoms with Crippen molar-refractivity contribution >= 4 is 0 Å². The lowest BCUT2D eigenvalue weighted by atomic mass is 9.78. The van der Waals surface area contributed by atoms with Gasteiger partial charge in [0.05, 0.1) is 6.54 Å². The van der Waals surface area contributed by atoms with Crippen LogP contribution in [0.15, 0.2) is 62.9 Å². The molecule has 1 saturated carbocycles. The van der Waals surface area contributed by atoms with Crippen LogP contribution in [0.1, 0.15) is 31.9 Å². The molecule has 6 heteroatoms. The standard InChI is InChI=1S/C19H19N3O3/c1-19(8-5-9-19)22-11-10-21(17(23)18(22)24)13-15-12-16(25-20-15)14-6-3-2-4-7-14/h2-4,6-7,10-12H,5,8-9,13H2,1H3. The zero-order valence-corrected chi connectivity index (χ0v) is 14.0. The third-order valence-corrected chi connectivity index (χ3v) is 5.02. The molecule has 6 nitrogen and oxygen atoms in total. The number of hydrogen-bond acceptors (Lipinski definition) is 4. The minimum Gasteiger partial charge on any atom is -0.356 e. The molecule has 3 aromatic rings. The van der Waals surface area contributed by atoms with Gasteiger partial charge in [0, 0.05) is 29.6 Å². The van der Waals surface area contributed by atoms with Crippen LogP contribution in [0.2, 0.25) is 0 Å². The number of nitrogens with zero attached hydrogens (tertiary/aromatic N) is 3. The Labute approximate surface area is 144 Å². The van der Waals surface area contributed by atoms with Crippen LogP contribution in [-0.4, -0.2) is 14.3 Å². The van der Waals surface area contributed by atoms with Gasteiger partial charge >= 0.3 is 11.1 Å². The van der Waals surface area contributed by atoms with Crippen molar-refractivity contribution in [1.29, 1.82) is 0 Å². The van der Waals surface area contributed by atoms with Crippen molar-refractivity contribution in [2.24, 2.45) is 0 Å². The van der Waals surface area contributed by atoms with Gasteiger partial charge in [-0.3, -0.25) is 9.59 Å². The molecule has 0 atom stereocenters. The Morgan fingerprint density at radius 3 is 2.56 bits per heavy atom. The van der Waals surface area contributed by atoms with E-state index in [0.29, 0.717) is 11.5 Å². The van der Waals surface area contributed by atoms with E-state index < -0.39 is 11.1 Å². The molecule has 2 aromatic heterocycles. The second kappa shape index (κ2) is 5.88. The summed E-state index contributed by atoms with van der Waals surface area (Å²) in [5.74, 6) is 0.638. The molecule has 0 N–H and O–H groups in total. The molecule has 0 aliphatic heterocycles. The van der Waals surface area contributed by atoms with Gasteiger partial charge in [-0.1, -0.05) is 35.5 Å². The van der Waals surface area contributed by atoms with Crippen molar-refractivity contribution in [3.05, 3.63) is 75.2 Å². The summed E-state index contributed by atoms with van der Waals surface area (Å²) in [5.41, 5.74) is 0.301. The van der Waals surface area contributed by atoms with Crippen LogP contribution in [0.25, 0.3) is 11.3 Å². The second-order valence-electron chi connectivity index (χ2n) is 6.81. The molecular formula is C19H19N3O3. The minimum atomic E-state index is -0.528. The van der Waals surface area contributed by atoms with E-state index in [1.807, 2.05) is 37.3 Å². The topological polar surface area (TPSA) is 70.0 Å². The van der Waals surface area contributed by atoms with Gasteiger partial charge in [0.25, 0.3) is 0 Å². The molecule has 2 heterocycles. The number of hydrogen-bond donors (Lipinski definition) is 0. The van der Waals surface area contributed by atoms with Crippen molar-refractivity contribution < 1.29 is 4.52 Å². The Kier molecular flexibility index (Phi) is 3.67. The molecule has 1 aliphatic rings. The first kappa shape index (κ1) is 15.6. The van der Waals surface area contributed by atoms with Crippen LogP contribution in [0.3, 0.4) is 0 Å². The maximum absolute atomic E-state index is 12.4. The summed E-state index contributed by atoms with van der Waals surface area (Å²) in [6.45, 7) is 2.23. The van der Waals surface area contributed by atoms with Gasteiger partial charge in [-0.05, 0) is 26.2 Å². The van der Waals surface area contributed by atoms with Gasteiger partial charge in [0.1, 0.15) is 5.69 Å². The zero-order chi connectivity index (χ0) is 17.4. The average molecular weight is 337 g/mol. The Hall–Kier alpha value is -2.89. The second-order valence-corrected chi connectivity index (χ2v) is 6.81. The van der Waals surface area contributed by atoms with E-state index in [4.69, 9.17) is 4.52 Å². The van der Waals surface area contributed by atoms with Crippen molar-refractivity contribution in [3.8, 4) is 11.3 Å².